The molecule has 1 aliphatic heterocycles. The van der Waals surface area contributed by atoms with Gasteiger partial charge in [0.05, 0.1) is 29.5 Å². The Balaban J connectivity index is 1.41. The Morgan fingerprint density at radius 3 is 2.53 bits per heavy atom. The molecular formula is C26H22F3N7O2. The molecule has 9 nitrogen and oxygen atoms in total. The van der Waals surface area contributed by atoms with E-state index >= 15 is 0 Å². The van der Waals surface area contributed by atoms with E-state index in [9.17, 15) is 23.6 Å². The van der Waals surface area contributed by atoms with Crippen molar-refractivity contribution in [3.63, 3.8) is 0 Å². The summed E-state index contributed by atoms with van der Waals surface area (Å²) in [6.07, 6.45) is 0.0866. The number of fused-ring (bicyclic) bond motifs is 1. The fourth-order valence-electron chi connectivity index (χ4n) is 3.93. The Kier molecular flexibility index (Phi) is 6.50. The number of pyridine rings is 1. The third-order valence-corrected chi connectivity index (χ3v) is 5.82. The zero-order valence-electron chi connectivity index (χ0n) is 20.2. The molecule has 0 atom stereocenters. The summed E-state index contributed by atoms with van der Waals surface area (Å²) in [6, 6.07) is 15.5. The van der Waals surface area contributed by atoms with Crippen molar-refractivity contribution < 1.29 is 22.8 Å². The summed E-state index contributed by atoms with van der Waals surface area (Å²) in [5, 5.41) is 30.5. The Labute approximate surface area is 216 Å². The molecule has 0 unspecified atom stereocenters. The predicted octanol–water partition coefficient (Wildman–Crippen LogP) is 6.09. The van der Waals surface area contributed by atoms with Crippen LogP contribution in [0.3, 0.4) is 0 Å². The fourth-order valence-corrected chi connectivity index (χ4v) is 3.93. The van der Waals surface area contributed by atoms with Crippen LogP contribution in [0.25, 0.3) is 11.1 Å². The molecule has 1 aliphatic carbocycles. The zero-order valence-corrected chi connectivity index (χ0v) is 20.2. The Morgan fingerprint density at radius 1 is 1.13 bits per heavy atom. The second-order valence-electron chi connectivity index (χ2n) is 8.85. The van der Waals surface area contributed by atoms with Crippen LogP contribution in [-0.2, 0) is 0 Å². The first-order chi connectivity index (χ1) is 18.2. The molecule has 0 saturated heterocycles. The van der Waals surface area contributed by atoms with Crippen molar-refractivity contribution in [1.29, 1.82) is 5.26 Å². The van der Waals surface area contributed by atoms with Crippen LogP contribution in [-0.4, -0.2) is 35.7 Å². The average Bonchev–Trinajstić information content (AvgIpc) is 3.71. The van der Waals surface area contributed by atoms with Gasteiger partial charge in [-0.05, 0) is 54.3 Å². The number of aromatic nitrogens is 1. The minimum Gasteiger partial charge on any atom is -0.600 e. The molecule has 194 valence electrons. The molecule has 0 radical (unpaired) electrons. The SMILES string of the molecule is C/[N+]([O-])=N/C1=CNc2cc(-c3ccc(N(CC(F)(F)F)c4cnc(OC5CC5)c(C#N)c4)cc3)ccc2N1. The number of anilines is 4. The molecule has 2 N–H and O–H groups in total. The van der Waals surface area contributed by atoms with Crippen LogP contribution in [0.4, 0.5) is 35.9 Å². The third-order valence-electron chi connectivity index (χ3n) is 5.82. The lowest BCUT2D eigenvalue weighted by molar-refractivity contribution is -0.495. The smallest absolute Gasteiger partial charge is 0.406 e. The van der Waals surface area contributed by atoms with Gasteiger partial charge in [0, 0.05) is 10.8 Å². The number of hydroxylamine groups is 1. The van der Waals surface area contributed by atoms with E-state index in [2.05, 4.69) is 20.7 Å². The van der Waals surface area contributed by atoms with Gasteiger partial charge in [-0.1, -0.05) is 23.1 Å². The summed E-state index contributed by atoms with van der Waals surface area (Å²) in [5.74, 6) is 0.491. The molecule has 2 heterocycles. The maximum Gasteiger partial charge on any atom is 0.406 e. The van der Waals surface area contributed by atoms with E-state index in [1.54, 1.807) is 30.5 Å². The third kappa shape index (κ3) is 5.78. The Hall–Kier alpha value is -4.79. The average molecular weight is 522 g/mol. The fraction of sp³-hybridized carbons (Fsp3) is 0.231. The molecule has 2 aromatic carbocycles. The number of nitrogens with zero attached hydrogens (tertiary/aromatic N) is 5. The molecule has 1 aromatic heterocycles. The van der Waals surface area contributed by atoms with Crippen LogP contribution < -0.4 is 20.3 Å². The lowest BCUT2D eigenvalue weighted by atomic mass is 10.0. The van der Waals surface area contributed by atoms with Crippen molar-refractivity contribution >= 4 is 22.7 Å². The molecule has 0 amide bonds. The van der Waals surface area contributed by atoms with Crippen molar-refractivity contribution in [2.45, 2.75) is 25.1 Å². The number of ether oxygens (including phenoxy) is 1. The minimum atomic E-state index is -4.49. The standard InChI is InChI=1S/C26H22F3N7O2/c1-35(37)34-24-14-31-23-11-17(4-9-22(23)33-24)16-2-5-19(6-3-16)36(15-26(27,28)29)20-10-18(12-30)25(32-13-20)38-21-7-8-21/h2-6,9-11,13-14,21,31,33H,7-8,15H2,1H3/b35-34-. The second-order valence-corrected chi connectivity index (χ2v) is 8.85. The highest BCUT2D eigenvalue weighted by Gasteiger charge is 2.32. The monoisotopic (exact) mass is 521 g/mol. The minimum absolute atomic E-state index is 0.00136. The van der Waals surface area contributed by atoms with Crippen LogP contribution in [0, 0.1) is 16.5 Å². The molecule has 5 rings (SSSR count). The summed E-state index contributed by atoms with van der Waals surface area (Å²) in [4.78, 5) is 5.65. The topological polar surface area (TPSA) is 112 Å². The lowest BCUT2D eigenvalue weighted by Gasteiger charge is -2.26. The van der Waals surface area contributed by atoms with Gasteiger partial charge in [-0.25, -0.2) is 4.98 Å². The van der Waals surface area contributed by atoms with Gasteiger partial charge in [-0.2, -0.15) is 18.4 Å². The van der Waals surface area contributed by atoms with E-state index < -0.39 is 12.7 Å². The van der Waals surface area contributed by atoms with Gasteiger partial charge in [-0.15, -0.1) is 0 Å². The first-order valence-corrected chi connectivity index (χ1v) is 11.7. The Bertz CT molecular complexity index is 1460. The van der Waals surface area contributed by atoms with Gasteiger partial charge in [0.15, 0.2) is 7.05 Å². The van der Waals surface area contributed by atoms with Crippen molar-refractivity contribution in [1.82, 2.24) is 4.98 Å². The summed E-state index contributed by atoms with van der Waals surface area (Å²) in [6.45, 7) is -1.26. The molecule has 2 aliphatic rings. The second kappa shape index (κ2) is 9.93. The van der Waals surface area contributed by atoms with Gasteiger partial charge >= 0.3 is 6.18 Å². The molecule has 0 spiro atoms. The van der Waals surface area contributed by atoms with E-state index in [1.807, 2.05) is 24.3 Å². The Morgan fingerprint density at radius 2 is 1.87 bits per heavy atom. The van der Waals surface area contributed by atoms with E-state index in [0.29, 0.717) is 16.4 Å². The molecule has 1 fully saturated rings. The number of nitriles is 1. The summed E-state index contributed by atoms with van der Waals surface area (Å²) in [7, 11) is 1.28. The van der Waals surface area contributed by atoms with Crippen molar-refractivity contribution in [3.8, 4) is 23.1 Å². The molecule has 12 heteroatoms. The van der Waals surface area contributed by atoms with E-state index in [-0.39, 0.29) is 23.2 Å². The highest BCUT2D eigenvalue weighted by Crippen LogP contribution is 2.36. The van der Waals surface area contributed by atoms with Crippen LogP contribution in [0.1, 0.15) is 18.4 Å². The van der Waals surface area contributed by atoms with Gasteiger partial charge in [-0.3, -0.25) is 0 Å². The maximum atomic E-state index is 13.5. The number of hydrogen-bond acceptors (Lipinski definition) is 8. The normalized spacial score (nSPS) is 14.9. The first kappa shape index (κ1) is 24.9. The highest BCUT2D eigenvalue weighted by atomic mass is 19.4. The number of nitrogens with one attached hydrogen (secondary N) is 2. The molecule has 0 bridgehead atoms. The van der Waals surface area contributed by atoms with Crippen molar-refractivity contribution in [3.05, 3.63) is 77.5 Å². The van der Waals surface area contributed by atoms with E-state index in [4.69, 9.17) is 4.74 Å². The largest absolute Gasteiger partial charge is 0.600 e. The number of rotatable bonds is 7. The van der Waals surface area contributed by atoms with Crippen molar-refractivity contribution in [2.24, 2.45) is 5.11 Å². The van der Waals surface area contributed by atoms with Gasteiger partial charge in [0.2, 0.25) is 11.7 Å². The molecule has 3 aromatic rings. The summed E-state index contributed by atoms with van der Waals surface area (Å²) >= 11 is 0. The van der Waals surface area contributed by atoms with Crippen LogP contribution >= 0.6 is 0 Å². The lowest BCUT2D eigenvalue weighted by Crippen LogP contribution is -2.30. The summed E-state index contributed by atoms with van der Waals surface area (Å²) < 4.78 is 46.2. The van der Waals surface area contributed by atoms with Gasteiger partial charge < -0.3 is 25.5 Å². The van der Waals surface area contributed by atoms with Crippen molar-refractivity contribution in [2.75, 3.05) is 29.1 Å². The number of halogens is 3. The van der Waals surface area contributed by atoms with Crippen LogP contribution in [0.15, 0.2) is 71.9 Å². The molecular weight excluding hydrogens is 499 g/mol. The van der Waals surface area contributed by atoms with E-state index in [0.717, 1.165) is 40.2 Å². The maximum absolute atomic E-state index is 13.5. The number of alkyl halides is 3. The number of benzene rings is 2. The summed E-state index contributed by atoms with van der Waals surface area (Å²) in [5.41, 5.74) is 3.60. The number of hydrogen-bond donors (Lipinski definition) is 2. The first-order valence-electron chi connectivity index (χ1n) is 11.7. The van der Waals surface area contributed by atoms with Crippen LogP contribution in [0.5, 0.6) is 5.88 Å². The van der Waals surface area contributed by atoms with E-state index in [1.165, 1.54) is 19.3 Å². The number of azo groups is 1. The van der Waals surface area contributed by atoms with Gasteiger partial charge in [0.1, 0.15) is 24.3 Å². The predicted molar refractivity (Wildman–Crippen MR) is 135 cm³/mol. The highest BCUT2D eigenvalue weighted by molar-refractivity contribution is 5.81. The quantitative estimate of drug-likeness (QED) is 0.220. The molecule has 1 saturated carbocycles. The molecule has 38 heavy (non-hydrogen) atoms. The van der Waals surface area contributed by atoms with Gasteiger partial charge in [0.25, 0.3) is 0 Å². The van der Waals surface area contributed by atoms with Crippen LogP contribution in [0.2, 0.25) is 0 Å². The zero-order chi connectivity index (χ0) is 26.9.